The second-order valence-electron chi connectivity index (χ2n) is 1.96. The summed E-state index contributed by atoms with van der Waals surface area (Å²) in [6.07, 6.45) is 0.667. The SMILES string of the molecule is C=C.CC(C)=O.CCC(C)=O. The molecule has 0 fully saturated rings. The summed E-state index contributed by atoms with van der Waals surface area (Å²) in [5, 5.41) is 0. The minimum absolute atomic E-state index is 0.167. The van der Waals surface area contributed by atoms with Gasteiger partial charge in [0.15, 0.2) is 0 Å². The van der Waals surface area contributed by atoms with Crippen molar-refractivity contribution in [2.75, 3.05) is 0 Å². The van der Waals surface area contributed by atoms with Gasteiger partial charge in [-0.15, -0.1) is 13.2 Å². The Morgan fingerprint density at radius 3 is 1.18 bits per heavy atom. The predicted molar refractivity (Wildman–Crippen MR) is 48.6 cm³/mol. The van der Waals surface area contributed by atoms with Crippen LogP contribution in [0, 0.1) is 0 Å². The van der Waals surface area contributed by atoms with E-state index >= 15 is 0 Å². The molecule has 0 radical (unpaired) electrons. The maximum atomic E-state index is 9.81. The van der Waals surface area contributed by atoms with E-state index < -0.39 is 0 Å². The molecule has 0 aromatic carbocycles. The summed E-state index contributed by atoms with van der Waals surface area (Å²) in [6, 6.07) is 0. The van der Waals surface area contributed by atoms with Crippen LogP contribution in [0.5, 0.6) is 0 Å². The molecule has 0 saturated heterocycles. The molecular weight excluding hydrogens is 140 g/mol. The molecule has 0 rings (SSSR count). The summed E-state index contributed by atoms with van der Waals surface area (Å²) in [7, 11) is 0. The second-order valence-corrected chi connectivity index (χ2v) is 1.96. The summed E-state index contributed by atoms with van der Waals surface area (Å²) in [6.45, 7) is 12.5. The first-order valence-corrected chi connectivity index (χ1v) is 3.47. The van der Waals surface area contributed by atoms with Gasteiger partial charge in [-0.05, 0) is 20.8 Å². The first-order valence-electron chi connectivity index (χ1n) is 3.47. The smallest absolute Gasteiger partial charge is 0.129 e. The highest BCUT2D eigenvalue weighted by molar-refractivity contribution is 5.74. The molecule has 0 aliphatic carbocycles. The van der Waals surface area contributed by atoms with Crippen LogP contribution in [-0.2, 0) is 9.59 Å². The van der Waals surface area contributed by atoms with E-state index in [0.29, 0.717) is 6.42 Å². The summed E-state index contributed by atoms with van der Waals surface area (Å²) < 4.78 is 0. The number of hydrogen-bond acceptors (Lipinski definition) is 2. The first-order chi connectivity index (χ1) is 5.00. The molecule has 0 heterocycles. The van der Waals surface area contributed by atoms with Crippen LogP contribution in [-0.4, -0.2) is 11.6 Å². The average Bonchev–Trinajstić information content (AvgIpc) is 1.91. The Kier molecular flexibility index (Phi) is 24.2. The monoisotopic (exact) mass is 158 g/mol. The topological polar surface area (TPSA) is 34.1 Å². The molecule has 0 N–H and O–H groups in total. The van der Waals surface area contributed by atoms with Gasteiger partial charge in [0.05, 0.1) is 0 Å². The van der Waals surface area contributed by atoms with Crippen molar-refractivity contribution in [3.8, 4) is 0 Å². The molecule has 66 valence electrons. The van der Waals surface area contributed by atoms with Gasteiger partial charge in [0.2, 0.25) is 0 Å². The van der Waals surface area contributed by atoms with Gasteiger partial charge in [0.1, 0.15) is 11.6 Å². The van der Waals surface area contributed by atoms with E-state index in [2.05, 4.69) is 13.2 Å². The number of carbonyl (C=O) groups excluding carboxylic acids is 2. The van der Waals surface area contributed by atoms with Crippen molar-refractivity contribution in [1.29, 1.82) is 0 Å². The van der Waals surface area contributed by atoms with Crippen LogP contribution in [0.15, 0.2) is 13.2 Å². The molecule has 0 bridgehead atoms. The third-order valence-electron chi connectivity index (χ3n) is 0.498. The van der Waals surface area contributed by atoms with E-state index in [1.54, 1.807) is 6.92 Å². The largest absolute Gasteiger partial charge is 0.300 e. The Balaban J connectivity index is -0.0000000965. The molecule has 0 unspecified atom stereocenters. The molecule has 0 amide bonds. The molecule has 2 nitrogen and oxygen atoms in total. The average molecular weight is 158 g/mol. The zero-order chi connectivity index (χ0) is 9.86. The van der Waals surface area contributed by atoms with Crippen molar-refractivity contribution >= 4 is 11.6 Å². The number of ketones is 2. The molecule has 0 spiro atoms. The number of hydrogen-bond donors (Lipinski definition) is 0. The van der Waals surface area contributed by atoms with Crippen molar-refractivity contribution in [1.82, 2.24) is 0 Å². The minimum atomic E-state index is 0.167. The molecular formula is C9H18O2. The fourth-order valence-electron chi connectivity index (χ4n) is 0. The molecule has 0 saturated carbocycles. The highest BCUT2D eigenvalue weighted by Crippen LogP contribution is 1.71. The lowest BCUT2D eigenvalue weighted by Gasteiger charge is -1.71. The molecule has 0 aromatic rings. The van der Waals surface area contributed by atoms with Crippen molar-refractivity contribution in [2.45, 2.75) is 34.1 Å². The Labute approximate surface area is 69.3 Å². The number of rotatable bonds is 1. The summed E-state index contributed by atoms with van der Waals surface area (Å²) in [5.41, 5.74) is 0. The lowest BCUT2D eigenvalue weighted by molar-refractivity contribution is -0.117. The van der Waals surface area contributed by atoms with Gasteiger partial charge in [-0.3, -0.25) is 0 Å². The standard InChI is InChI=1S/C4H8O.C3H6O.C2H4/c1-3-4(2)5;1-3(2)4;1-2/h3H2,1-2H3;1-2H3;1-2H2. The van der Waals surface area contributed by atoms with Gasteiger partial charge in [-0.1, -0.05) is 6.92 Å². The molecule has 0 aromatic heterocycles. The van der Waals surface area contributed by atoms with E-state index in [4.69, 9.17) is 0 Å². The third-order valence-corrected chi connectivity index (χ3v) is 0.498. The van der Waals surface area contributed by atoms with Crippen LogP contribution in [0.4, 0.5) is 0 Å². The molecule has 11 heavy (non-hydrogen) atoms. The number of Topliss-reactive ketones (excluding diaryl/α,β-unsaturated/α-hetero) is 2. The van der Waals surface area contributed by atoms with E-state index in [-0.39, 0.29) is 11.6 Å². The van der Waals surface area contributed by atoms with Gasteiger partial charge in [-0.2, -0.15) is 0 Å². The Hall–Kier alpha value is -0.920. The van der Waals surface area contributed by atoms with Crippen LogP contribution in [0.3, 0.4) is 0 Å². The fourth-order valence-corrected chi connectivity index (χ4v) is 0. The molecule has 0 atom stereocenters. The van der Waals surface area contributed by atoms with Crippen LogP contribution >= 0.6 is 0 Å². The van der Waals surface area contributed by atoms with E-state index in [9.17, 15) is 9.59 Å². The molecule has 0 aliphatic rings. The second kappa shape index (κ2) is 16.0. The van der Waals surface area contributed by atoms with Crippen LogP contribution in [0.1, 0.15) is 34.1 Å². The maximum Gasteiger partial charge on any atom is 0.129 e. The van der Waals surface area contributed by atoms with E-state index in [0.717, 1.165) is 0 Å². The van der Waals surface area contributed by atoms with Gasteiger partial charge in [0.25, 0.3) is 0 Å². The number of carbonyl (C=O) groups is 2. The zero-order valence-electron chi connectivity index (χ0n) is 7.94. The van der Waals surface area contributed by atoms with Gasteiger partial charge in [0, 0.05) is 6.42 Å². The normalized spacial score (nSPS) is 6.18. The highest BCUT2D eigenvalue weighted by Gasteiger charge is 1.76. The quantitative estimate of drug-likeness (QED) is 0.549. The van der Waals surface area contributed by atoms with Gasteiger partial charge >= 0.3 is 0 Å². The van der Waals surface area contributed by atoms with Gasteiger partial charge < -0.3 is 9.59 Å². The van der Waals surface area contributed by atoms with Gasteiger partial charge in [-0.25, -0.2) is 0 Å². The zero-order valence-corrected chi connectivity index (χ0v) is 7.94. The van der Waals surface area contributed by atoms with Crippen molar-refractivity contribution in [3.05, 3.63) is 13.2 Å². The van der Waals surface area contributed by atoms with Crippen molar-refractivity contribution in [3.63, 3.8) is 0 Å². The third kappa shape index (κ3) is 390. The van der Waals surface area contributed by atoms with Crippen molar-refractivity contribution in [2.24, 2.45) is 0 Å². The van der Waals surface area contributed by atoms with E-state index in [1.165, 1.54) is 13.8 Å². The minimum Gasteiger partial charge on any atom is -0.300 e. The van der Waals surface area contributed by atoms with E-state index in [1.807, 2.05) is 6.92 Å². The summed E-state index contributed by atoms with van der Waals surface area (Å²) in [4.78, 5) is 19.3. The van der Waals surface area contributed by atoms with Crippen LogP contribution in [0.25, 0.3) is 0 Å². The predicted octanol–water partition coefficient (Wildman–Crippen LogP) is 2.38. The summed E-state index contributed by atoms with van der Waals surface area (Å²) in [5.74, 6) is 0.421. The lowest BCUT2D eigenvalue weighted by atomic mass is 10.4. The Morgan fingerprint density at radius 2 is 1.18 bits per heavy atom. The fraction of sp³-hybridized carbons (Fsp3) is 0.556. The Morgan fingerprint density at radius 1 is 1.09 bits per heavy atom. The lowest BCUT2D eigenvalue weighted by Crippen LogP contribution is -1.80. The molecule has 0 aliphatic heterocycles. The van der Waals surface area contributed by atoms with Crippen LogP contribution < -0.4 is 0 Å². The van der Waals surface area contributed by atoms with Crippen LogP contribution in [0.2, 0.25) is 0 Å². The Bertz CT molecular complexity index is 102. The first kappa shape index (κ1) is 16.6. The molecule has 2 heteroatoms. The summed E-state index contributed by atoms with van der Waals surface area (Å²) >= 11 is 0. The maximum absolute atomic E-state index is 9.81. The van der Waals surface area contributed by atoms with Crippen molar-refractivity contribution < 1.29 is 9.59 Å². The highest BCUT2D eigenvalue weighted by atomic mass is 16.1.